The molecule has 0 radical (unpaired) electrons. The smallest absolute Gasteiger partial charge is 0.218 e. The fraction of sp³-hybridized carbons (Fsp3) is 0.889. The summed E-state index contributed by atoms with van der Waals surface area (Å²) in [5, 5.41) is 3.31. The molecule has 0 spiro atoms. The van der Waals surface area contributed by atoms with Crippen LogP contribution in [-0.4, -0.2) is 30.7 Å². The van der Waals surface area contributed by atoms with Crippen LogP contribution in [0.5, 0.6) is 0 Å². The van der Waals surface area contributed by atoms with Crippen molar-refractivity contribution >= 4 is 5.91 Å². The monoisotopic (exact) mass is 186 g/mol. The van der Waals surface area contributed by atoms with E-state index in [1.54, 1.807) is 0 Å². The number of hydrogen-bond acceptors (Lipinski definition) is 3. The van der Waals surface area contributed by atoms with Gasteiger partial charge in [-0.15, -0.1) is 0 Å². The zero-order chi connectivity index (χ0) is 9.90. The molecule has 3 N–H and O–H groups in total. The highest BCUT2D eigenvalue weighted by Crippen LogP contribution is 2.24. The summed E-state index contributed by atoms with van der Waals surface area (Å²) in [5.41, 5.74) is 5.05. The van der Waals surface area contributed by atoms with E-state index in [1.165, 1.54) is 0 Å². The third-order valence-electron chi connectivity index (χ3n) is 2.79. The summed E-state index contributed by atoms with van der Waals surface area (Å²) in [6, 6.07) is 0. The topological polar surface area (TPSA) is 64.3 Å². The molecule has 1 saturated heterocycles. The van der Waals surface area contributed by atoms with Crippen molar-refractivity contribution in [2.75, 3.05) is 13.2 Å². The van der Waals surface area contributed by atoms with Crippen molar-refractivity contribution in [1.82, 2.24) is 5.32 Å². The summed E-state index contributed by atoms with van der Waals surface area (Å²) >= 11 is 0. The first-order valence-corrected chi connectivity index (χ1v) is 4.69. The molecule has 2 unspecified atom stereocenters. The zero-order valence-electron chi connectivity index (χ0n) is 8.30. The highest BCUT2D eigenvalue weighted by atomic mass is 16.5. The Kier molecular flexibility index (Phi) is 3.27. The average Bonchev–Trinajstić information content (AvgIpc) is 2.32. The van der Waals surface area contributed by atoms with Crippen LogP contribution in [-0.2, 0) is 9.53 Å². The number of primary amides is 1. The summed E-state index contributed by atoms with van der Waals surface area (Å²) in [6.07, 6.45) is 1.59. The Morgan fingerprint density at radius 1 is 1.77 bits per heavy atom. The number of amides is 1. The molecule has 76 valence electrons. The summed E-state index contributed by atoms with van der Waals surface area (Å²) in [6.45, 7) is 5.59. The van der Waals surface area contributed by atoms with Crippen LogP contribution in [0.15, 0.2) is 0 Å². The Labute approximate surface area is 78.8 Å². The van der Waals surface area contributed by atoms with Crippen LogP contribution in [0.2, 0.25) is 0 Å². The van der Waals surface area contributed by atoms with E-state index in [0.717, 1.165) is 13.0 Å². The summed E-state index contributed by atoms with van der Waals surface area (Å²) in [5.74, 6) is -0.261. The van der Waals surface area contributed by atoms with E-state index in [1.807, 2.05) is 6.92 Å². The molecule has 1 amide bonds. The quantitative estimate of drug-likeness (QED) is 0.650. The Morgan fingerprint density at radius 3 is 2.92 bits per heavy atom. The summed E-state index contributed by atoms with van der Waals surface area (Å²) in [4.78, 5) is 10.5. The third kappa shape index (κ3) is 2.67. The first-order chi connectivity index (χ1) is 6.04. The number of rotatable bonds is 4. The maximum absolute atomic E-state index is 10.5. The summed E-state index contributed by atoms with van der Waals surface area (Å²) < 4.78 is 5.45. The van der Waals surface area contributed by atoms with E-state index in [9.17, 15) is 4.79 Å². The van der Waals surface area contributed by atoms with Crippen LogP contribution in [0, 0.1) is 0 Å². The van der Waals surface area contributed by atoms with E-state index in [0.29, 0.717) is 13.0 Å². The second kappa shape index (κ2) is 4.07. The van der Waals surface area contributed by atoms with Crippen molar-refractivity contribution in [2.24, 2.45) is 5.73 Å². The average molecular weight is 186 g/mol. The lowest BCUT2D eigenvalue weighted by Gasteiger charge is -2.28. The van der Waals surface area contributed by atoms with Gasteiger partial charge in [-0.3, -0.25) is 4.79 Å². The van der Waals surface area contributed by atoms with Crippen LogP contribution < -0.4 is 11.1 Å². The van der Waals surface area contributed by atoms with Crippen molar-refractivity contribution in [2.45, 2.75) is 38.3 Å². The van der Waals surface area contributed by atoms with Gasteiger partial charge < -0.3 is 15.8 Å². The molecule has 4 heteroatoms. The van der Waals surface area contributed by atoms with Crippen LogP contribution in [0.3, 0.4) is 0 Å². The minimum Gasteiger partial charge on any atom is -0.377 e. The predicted octanol–water partition coefficient (Wildman–Crippen LogP) is 0.0189. The highest BCUT2D eigenvalue weighted by molar-refractivity contribution is 5.73. The van der Waals surface area contributed by atoms with Gasteiger partial charge in [-0.05, 0) is 20.3 Å². The molecule has 0 aromatic carbocycles. The minimum absolute atomic E-state index is 0.00937. The highest BCUT2D eigenvalue weighted by Gasteiger charge is 2.36. The SMILES string of the molecule is CC1OCCC1(C)NCCC(N)=O. The van der Waals surface area contributed by atoms with Crippen molar-refractivity contribution in [3.63, 3.8) is 0 Å². The molecule has 1 fully saturated rings. The molecule has 0 aromatic rings. The van der Waals surface area contributed by atoms with E-state index in [-0.39, 0.29) is 17.6 Å². The zero-order valence-corrected chi connectivity index (χ0v) is 8.30. The Hall–Kier alpha value is -0.610. The molecule has 1 aliphatic heterocycles. The molecule has 1 rings (SSSR count). The molecule has 0 bridgehead atoms. The van der Waals surface area contributed by atoms with Crippen molar-refractivity contribution in [1.29, 1.82) is 0 Å². The second-order valence-corrected chi connectivity index (χ2v) is 3.82. The number of carbonyl (C=O) groups is 1. The van der Waals surface area contributed by atoms with Gasteiger partial charge in [0.15, 0.2) is 0 Å². The van der Waals surface area contributed by atoms with Gasteiger partial charge in [-0.2, -0.15) is 0 Å². The number of ether oxygens (including phenoxy) is 1. The van der Waals surface area contributed by atoms with Gasteiger partial charge >= 0.3 is 0 Å². The van der Waals surface area contributed by atoms with Crippen molar-refractivity contribution in [3.8, 4) is 0 Å². The molecule has 1 aliphatic rings. The Bertz CT molecular complexity index is 196. The normalized spacial score (nSPS) is 33.5. The van der Waals surface area contributed by atoms with E-state index in [4.69, 9.17) is 10.5 Å². The Balaban J connectivity index is 2.30. The molecule has 2 atom stereocenters. The fourth-order valence-corrected chi connectivity index (χ4v) is 1.54. The molecule has 0 aromatic heterocycles. The van der Waals surface area contributed by atoms with Crippen LogP contribution in [0.25, 0.3) is 0 Å². The lowest BCUT2D eigenvalue weighted by Crippen LogP contribution is -2.48. The maximum Gasteiger partial charge on any atom is 0.218 e. The first-order valence-electron chi connectivity index (χ1n) is 4.69. The van der Waals surface area contributed by atoms with E-state index < -0.39 is 0 Å². The molecular weight excluding hydrogens is 168 g/mol. The molecule has 13 heavy (non-hydrogen) atoms. The van der Waals surface area contributed by atoms with Crippen LogP contribution >= 0.6 is 0 Å². The van der Waals surface area contributed by atoms with Crippen LogP contribution in [0.1, 0.15) is 26.7 Å². The van der Waals surface area contributed by atoms with Gasteiger partial charge in [0.05, 0.1) is 6.10 Å². The Morgan fingerprint density at radius 2 is 2.46 bits per heavy atom. The molecule has 0 aliphatic carbocycles. The fourth-order valence-electron chi connectivity index (χ4n) is 1.54. The minimum atomic E-state index is -0.261. The van der Waals surface area contributed by atoms with Gasteiger partial charge in [0, 0.05) is 25.1 Å². The maximum atomic E-state index is 10.5. The van der Waals surface area contributed by atoms with Crippen molar-refractivity contribution in [3.05, 3.63) is 0 Å². The van der Waals surface area contributed by atoms with Gasteiger partial charge in [0.2, 0.25) is 5.91 Å². The van der Waals surface area contributed by atoms with Gasteiger partial charge in [0.1, 0.15) is 0 Å². The molecule has 0 saturated carbocycles. The van der Waals surface area contributed by atoms with E-state index in [2.05, 4.69) is 12.2 Å². The van der Waals surface area contributed by atoms with Gasteiger partial charge in [-0.25, -0.2) is 0 Å². The van der Waals surface area contributed by atoms with E-state index >= 15 is 0 Å². The number of carbonyl (C=O) groups excluding carboxylic acids is 1. The van der Waals surface area contributed by atoms with Crippen molar-refractivity contribution < 1.29 is 9.53 Å². The number of nitrogens with one attached hydrogen (secondary N) is 1. The lowest BCUT2D eigenvalue weighted by atomic mass is 9.94. The van der Waals surface area contributed by atoms with Crippen LogP contribution in [0.4, 0.5) is 0 Å². The largest absolute Gasteiger partial charge is 0.377 e. The molecule has 4 nitrogen and oxygen atoms in total. The lowest BCUT2D eigenvalue weighted by molar-refractivity contribution is -0.118. The van der Waals surface area contributed by atoms with Gasteiger partial charge in [0.25, 0.3) is 0 Å². The van der Waals surface area contributed by atoms with Gasteiger partial charge in [-0.1, -0.05) is 0 Å². The summed E-state index contributed by atoms with van der Waals surface area (Å²) in [7, 11) is 0. The number of hydrogen-bond donors (Lipinski definition) is 2. The predicted molar refractivity (Wildman–Crippen MR) is 50.3 cm³/mol. The third-order valence-corrected chi connectivity index (χ3v) is 2.79. The number of nitrogens with two attached hydrogens (primary N) is 1. The first kappa shape index (κ1) is 10.5. The molecule has 1 heterocycles. The second-order valence-electron chi connectivity index (χ2n) is 3.82. The standard InChI is InChI=1S/C9H18N2O2/c1-7-9(2,4-6-13-7)11-5-3-8(10)12/h7,11H,3-6H2,1-2H3,(H2,10,12). The molecular formula is C9H18N2O2.